The first-order valence-corrected chi connectivity index (χ1v) is 9.31. The number of nitrogens with zero attached hydrogens (tertiary/aromatic N) is 1. The molecule has 1 fully saturated rings. The summed E-state index contributed by atoms with van der Waals surface area (Å²) in [5.74, 6) is 0.107. The van der Waals surface area contributed by atoms with Crippen LogP contribution in [0.15, 0.2) is 46.9 Å². The van der Waals surface area contributed by atoms with E-state index in [0.717, 1.165) is 11.4 Å². The Morgan fingerprint density at radius 1 is 1.30 bits per heavy atom. The molecule has 0 aliphatic carbocycles. The predicted octanol–water partition coefficient (Wildman–Crippen LogP) is 3.91. The average molecular weight is 436 g/mol. The van der Waals surface area contributed by atoms with Gasteiger partial charge in [0.05, 0.1) is 18.3 Å². The number of rotatable bonds is 5. The van der Waals surface area contributed by atoms with Crippen molar-refractivity contribution in [1.82, 2.24) is 5.32 Å². The van der Waals surface area contributed by atoms with Crippen molar-refractivity contribution in [1.29, 1.82) is 0 Å². The Hall–Kier alpha value is -2.61. The van der Waals surface area contributed by atoms with Gasteiger partial charge in [0, 0.05) is 23.1 Å². The Balaban J connectivity index is 1.59. The third-order valence-corrected chi connectivity index (χ3v) is 4.59. The minimum atomic E-state index is -0.553. The second-order valence-corrected chi connectivity index (χ2v) is 6.97. The lowest BCUT2D eigenvalue weighted by Crippen LogP contribution is -2.39. The van der Waals surface area contributed by atoms with E-state index >= 15 is 0 Å². The molecular formula is C19H19BrFN3O3. The van der Waals surface area contributed by atoms with Gasteiger partial charge in [-0.25, -0.2) is 9.18 Å². The highest BCUT2D eigenvalue weighted by molar-refractivity contribution is 9.10. The SMILES string of the molecule is CCOc1ccc(N2C[C@@H](NC(=O)Nc3ccc(Br)cc3F)CC2=O)cc1. The fourth-order valence-electron chi connectivity index (χ4n) is 2.88. The van der Waals surface area contributed by atoms with Gasteiger partial charge < -0.3 is 20.3 Å². The lowest BCUT2D eigenvalue weighted by Gasteiger charge is -2.18. The Morgan fingerprint density at radius 3 is 2.70 bits per heavy atom. The van der Waals surface area contributed by atoms with Crippen LogP contribution in [0.2, 0.25) is 0 Å². The summed E-state index contributed by atoms with van der Waals surface area (Å²) in [7, 11) is 0. The maximum atomic E-state index is 13.8. The minimum absolute atomic E-state index is 0.0726. The van der Waals surface area contributed by atoms with E-state index in [1.165, 1.54) is 12.1 Å². The van der Waals surface area contributed by atoms with Crippen molar-refractivity contribution in [2.75, 3.05) is 23.4 Å². The molecule has 1 saturated heterocycles. The standard InChI is InChI=1S/C19H19BrFN3O3/c1-2-27-15-6-4-14(5-7-15)24-11-13(10-18(24)25)22-19(26)23-17-8-3-12(20)9-16(17)21/h3-9,13H,2,10-11H2,1H3,(H2,22,23,26)/t13-/m0/s1. The molecule has 0 spiro atoms. The van der Waals surface area contributed by atoms with Crippen LogP contribution in [-0.4, -0.2) is 31.1 Å². The van der Waals surface area contributed by atoms with Crippen LogP contribution in [0.5, 0.6) is 5.75 Å². The maximum Gasteiger partial charge on any atom is 0.319 e. The van der Waals surface area contributed by atoms with Gasteiger partial charge in [0.25, 0.3) is 0 Å². The first kappa shape index (κ1) is 19.2. The summed E-state index contributed by atoms with van der Waals surface area (Å²) in [6.07, 6.45) is 0.184. The van der Waals surface area contributed by atoms with Crippen LogP contribution < -0.4 is 20.3 Å². The number of anilines is 2. The molecule has 6 nitrogen and oxygen atoms in total. The predicted molar refractivity (Wildman–Crippen MR) is 105 cm³/mol. The number of hydrogen-bond donors (Lipinski definition) is 2. The zero-order valence-electron chi connectivity index (χ0n) is 14.7. The average Bonchev–Trinajstić information content (AvgIpc) is 2.98. The number of halogens is 2. The normalized spacial score (nSPS) is 16.3. The number of carbonyl (C=O) groups excluding carboxylic acids is 2. The van der Waals surface area contributed by atoms with E-state index in [1.54, 1.807) is 23.1 Å². The Labute approximate surface area is 164 Å². The minimum Gasteiger partial charge on any atom is -0.494 e. The summed E-state index contributed by atoms with van der Waals surface area (Å²) in [5.41, 5.74) is 0.815. The van der Waals surface area contributed by atoms with E-state index in [1.807, 2.05) is 19.1 Å². The van der Waals surface area contributed by atoms with Crippen LogP contribution in [0.4, 0.5) is 20.6 Å². The first-order valence-electron chi connectivity index (χ1n) is 8.52. The quantitative estimate of drug-likeness (QED) is 0.747. The van der Waals surface area contributed by atoms with Gasteiger partial charge in [0.1, 0.15) is 11.6 Å². The van der Waals surface area contributed by atoms with Crippen molar-refractivity contribution >= 4 is 39.2 Å². The Kier molecular flexibility index (Phi) is 5.95. The van der Waals surface area contributed by atoms with Crippen LogP contribution in [0.3, 0.4) is 0 Å². The second-order valence-electron chi connectivity index (χ2n) is 6.05. The number of nitrogens with one attached hydrogen (secondary N) is 2. The number of urea groups is 1. The molecule has 0 bridgehead atoms. The van der Waals surface area contributed by atoms with E-state index in [2.05, 4.69) is 26.6 Å². The topological polar surface area (TPSA) is 70.7 Å². The largest absolute Gasteiger partial charge is 0.494 e. The molecule has 27 heavy (non-hydrogen) atoms. The molecule has 3 rings (SSSR count). The van der Waals surface area contributed by atoms with Crippen LogP contribution in [-0.2, 0) is 4.79 Å². The highest BCUT2D eigenvalue weighted by Crippen LogP contribution is 2.24. The first-order chi connectivity index (χ1) is 13.0. The Bertz CT molecular complexity index is 845. The molecule has 2 aromatic carbocycles. The zero-order chi connectivity index (χ0) is 19.4. The summed E-state index contributed by atoms with van der Waals surface area (Å²) in [4.78, 5) is 26.0. The highest BCUT2D eigenvalue weighted by Gasteiger charge is 2.31. The molecule has 3 amide bonds. The van der Waals surface area contributed by atoms with Crippen LogP contribution >= 0.6 is 15.9 Å². The molecule has 1 aliphatic heterocycles. The van der Waals surface area contributed by atoms with Gasteiger partial charge in [0.15, 0.2) is 0 Å². The third kappa shape index (κ3) is 4.77. The molecule has 8 heteroatoms. The number of ether oxygens (including phenoxy) is 1. The van der Waals surface area contributed by atoms with E-state index in [0.29, 0.717) is 17.6 Å². The van der Waals surface area contributed by atoms with Gasteiger partial charge in [-0.1, -0.05) is 15.9 Å². The van der Waals surface area contributed by atoms with Crippen molar-refractivity contribution in [3.05, 3.63) is 52.8 Å². The molecular weight excluding hydrogens is 417 g/mol. The molecule has 2 aromatic rings. The van der Waals surface area contributed by atoms with Gasteiger partial charge in [-0.05, 0) is 49.4 Å². The molecule has 1 aliphatic rings. The molecule has 1 atom stereocenters. The van der Waals surface area contributed by atoms with Crippen molar-refractivity contribution < 1.29 is 18.7 Å². The van der Waals surface area contributed by atoms with Crippen molar-refractivity contribution in [3.63, 3.8) is 0 Å². The number of hydrogen-bond acceptors (Lipinski definition) is 3. The van der Waals surface area contributed by atoms with Gasteiger partial charge in [0.2, 0.25) is 5.91 Å². The Morgan fingerprint density at radius 2 is 2.04 bits per heavy atom. The third-order valence-electron chi connectivity index (χ3n) is 4.10. The summed E-state index contributed by atoms with van der Waals surface area (Å²) < 4.78 is 19.8. The van der Waals surface area contributed by atoms with Crippen LogP contribution in [0, 0.1) is 5.82 Å². The molecule has 0 aromatic heterocycles. The van der Waals surface area contributed by atoms with Gasteiger partial charge in [-0.3, -0.25) is 4.79 Å². The van der Waals surface area contributed by atoms with E-state index in [-0.39, 0.29) is 24.1 Å². The molecule has 1 heterocycles. The fraction of sp³-hybridized carbons (Fsp3) is 0.263. The summed E-state index contributed by atoms with van der Waals surface area (Å²) in [5, 5.41) is 5.18. The lowest BCUT2D eigenvalue weighted by molar-refractivity contribution is -0.117. The summed E-state index contributed by atoms with van der Waals surface area (Å²) in [6, 6.07) is 10.7. The van der Waals surface area contributed by atoms with Crippen molar-refractivity contribution in [3.8, 4) is 5.75 Å². The maximum absolute atomic E-state index is 13.8. The molecule has 142 valence electrons. The fourth-order valence-corrected chi connectivity index (χ4v) is 3.21. The highest BCUT2D eigenvalue weighted by atomic mass is 79.9. The monoisotopic (exact) mass is 435 g/mol. The molecule has 2 N–H and O–H groups in total. The summed E-state index contributed by atoms with van der Waals surface area (Å²) in [6.45, 7) is 2.82. The zero-order valence-corrected chi connectivity index (χ0v) is 16.3. The number of benzene rings is 2. The van der Waals surface area contributed by atoms with Gasteiger partial charge in [-0.2, -0.15) is 0 Å². The molecule has 0 unspecified atom stereocenters. The van der Waals surface area contributed by atoms with Gasteiger partial charge in [-0.15, -0.1) is 0 Å². The molecule has 0 radical (unpaired) electrons. The van der Waals surface area contributed by atoms with E-state index in [9.17, 15) is 14.0 Å². The molecule has 0 saturated carbocycles. The van der Waals surface area contributed by atoms with E-state index < -0.39 is 11.8 Å². The van der Waals surface area contributed by atoms with Gasteiger partial charge >= 0.3 is 6.03 Å². The lowest BCUT2D eigenvalue weighted by atomic mass is 10.2. The van der Waals surface area contributed by atoms with E-state index in [4.69, 9.17) is 4.74 Å². The smallest absolute Gasteiger partial charge is 0.319 e. The van der Waals surface area contributed by atoms with Crippen LogP contribution in [0.25, 0.3) is 0 Å². The number of amides is 3. The van der Waals surface area contributed by atoms with Crippen molar-refractivity contribution in [2.45, 2.75) is 19.4 Å². The second kappa shape index (κ2) is 8.39. The summed E-state index contributed by atoms with van der Waals surface area (Å²) >= 11 is 3.16. The van der Waals surface area contributed by atoms with Crippen LogP contribution in [0.1, 0.15) is 13.3 Å². The van der Waals surface area contributed by atoms with Crippen molar-refractivity contribution in [2.24, 2.45) is 0 Å². The number of carbonyl (C=O) groups is 2.